The second-order valence-electron chi connectivity index (χ2n) is 5.46. The molecule has 3 aromatic heterocycles. The Kier molecular flexibility index (Phi) is 3.82. The molecule has 0 radical (unpaired) electrons. The number of para-hydroxylation sites is 1. The molecule has 0 saturated carbocycles. The van der Waals surface area contributed by atoms with Gasteiger partial charge in [-0.15, -0.1) is 11.3 Å². The Labute approximate surface area is 146 Å². The van der Waals surface area contributed by atoms with Gasteiger partial charge in [0.25, 0.3) is 5.56 Å². The van der Waals surface area contributed by atoms with Crippen LogP contribution < -0.4 is 5.56 Å². The fourth-order valence-corrected chi connectivity index (χ4v) is 4.51. The molecule has 24 heavy (non-hydrogen) atoms. The van der Waals surface area contributed by atoms with Gasteiger partial charge < -0.3 is 4.98 Å². The number of thiophene rings is 1. The number of rotatable bonds is 3. The van der Waals surface area contributed by atoms with E-state index in [1.165, 1.54) is 0 Å². The van der Waals surface area contributed by atoms with Gasteiger partial charge >= 0.3 is 0 Å². The third-order valence-corrected chi connectivity index (χ3v) is 6.06. The number of benzene rings is 1. The van der Waals surface area contributed by atoms with E-state index in [9.17, 15) is 4.79 Å². The van der Waals surface area contributed by atoms with Crippen LogP contribution >= 0.6 is 23.1 Å². The molecule has 3 heterocycles. The van der Waals surface area contributed by atoms with Crippen LogP contribution in [0.15, 0.2) is 40.4 Å². The molecule has 120 valence electrons. The molecular formula is C17H14N4OS2. The zero-order valence-corrected chi connectivity index (χ0v) is 14.8. The number of hydrogen-bond acceptors (Lipinski definition) is 6. The monoisotopic (exact) mass is 354 g/mol. The zero-order chi connectivity index (χ0) is 16.7. The van der Waals surface area contributed by atoms with Crippen molar-refractivity contribution in [3.05, 3.63) is 57.2 Å². The lowest BCUT2D eigenvalue weighted by atomic mass is 10.2. The van der Waals surface area contributed by atoms with Gasteiger partial charge in [0.15, 0.2) is 0 Å². The highest BCUT2D eigenvalue weighted by atomic mass is 32.2. The maximum Gasteiger partial charge on any atom is 0.259 e. The van der Waals surface area contributed by atoms with Crippen LogP contribution in [0.4, 0.5) is 0 Å². The number of aromatic amines is 1. The van der Waals surface area contributed by atoms with Crippen LogP contribution in [-0.2, 0) is 5.75 Å². The summed E-state index contributed by atoms with van der Waals surface area (Å²) in [5.74, 6) is 1.23. The molecule has 4 aromatic rings. The van der Waals surface area contributed by atoms with Crippen LogP contribution in [0.2, 0.25) is 0 Å². The molecule has 0 atom stereocenters. The van der Waals surface area contributed by atoms with Crippen molar-refractivity contribution in [2.75, 3.05) is 0 Å². The van der Waals surface area contributed by atoms with E-state index < -0.39 is 0 Å². The lowest BCUT2D eigenvalue weighted by Gasteiger charge is -2.04. The maximum absolute atomic E-state index is 12.3. The zero-order valence-electron chi connectivity index (χ0n) is 13.2. The topological polar surface area (TPSA) is 71.5 Å². The summed E-state index contributed by atoms with van der Waals surface area (Å²) >= 11 is 3.12. The summed E-state index contributed by atoms with van der Waals surface area (Å²) in [4.78, 5) is 30.4. The molecular weight excluding hydrogens is 340 g/mol. The van der Waals surface area contributed by atoms with Crippen molar-refractivity contribution in [3.8, 4) is 0 Å². The quantitative estimate of drug-likeness (QED) is 0.447. The summed E-state index contributed by atoms with van der Waals surface area (Å²) in [5.41, 5.74) is 1.87. The first-order valence-electron chi connectivity index (χ1n) is 7.45. The highest BCUT2D eigenvalue weighted by Gasteiger charge is 2.12. The smallest absolute Gasteiger partial charge is 0.259 e. The predicted octanol–water partition coefficient (Wildman–Crippen LogP) is 3.84. The van der Waals surface area contributed by atoms with Crippen LogP contribution in [0, 0.1) is 13.8 Å². The standard InChI is InChI=1S/C17H14N4OS2/c1-9-10(2)24-17-14(9)15(22)20-13(21-17)7-23-16-11-5-3-4-6-12(11)18-8-19-16/h3-6,8H,7H2,1-2H3,(H,20,21,22). The largest absolute Gasteiger partial charge is 0.309 e. The number of H-pyrrole nitrogens is 1. The lowest BCUT2D eigenvalue weighted by Crippen LogP contribution is -2.10. The molecule has 0 aliphatic heterocycles. The van der Waals surface area contributed by atoms with E-state index in [0.29, 0.717) is 17.0 Å². The van der Waals surface area contributed by atoms with Crippen molar-refractivity contribution >= 4 is 44.2 Å². The Morgan fingerprint density at radius 1 is 1.21 bits per heavy atom. The van der Waals surface area contributed by atoms with Crippen LogP contribution in [0.1, 0.15) is 16.3 Å². The normalized spacial score (nSPS) is 11.4. The first kappa shape index (κ1) is 15.3. The van der Waals surface area contributed by atoms with Crippen molar-refractivity contribution in [2.24, 2.45) is 0 Å². The SMILES string of the molecule is Cc1sc2nc(CSc3ncnc4ccccc34)[nH]c(=O)c2c1C. The Balaban J connectivity index is 1.68. The van der Waals surface area contributed by atoms with Crippen molar-refractivity contribution in [2.45, 2.75) is 24.6 Å². The van der Waals surface area contributed by atoms with Gasteiger partial charge in [0.05, 0.1) is 16.7 Å². The van der Waals surface area contributed by atoms with E-state index in [0.717, 1.165) is 31.2 Å². The fraction of sp³-hybridized carbons (Fsp3) is 0.176. The van der Waals surface area contributed by atoms with E-state index in [2.05, 4.69) is 19.9 Å². The van der Waals surface area contributed by atoms with E-state index in [4.69, 9.17) is 0 Å². The van der Waals surface area contributed by atoms with Gasteiger partial charge in [0.2, 0.25) is 0 Å². The molecule has 0 amide bonds. The number of fused-ring (bicyclic) bond motifs is 2. The average molecular weight is 354 g/mol. The predicted molar refractivity (Wildman–Crippen MR) is 98.8 cm³/mol. The van der Waals surface area contributed by atoms with E-state index in [1.807, 2.05) is 38.1 Å². The van der Waals surface area contributed by atoms with Crippen molar-refractivity contribution < 1.29 is 0 Å². The summed E-state index contributed by atoms with van der Waals surface area (Å²) in [7, 11) is 0. The van der Waals surface area contributed by atoms with Gasteiger partial charge in [-0.2, -0.15) is 0 Å². The molecule has 5 nitrogen and oxygen atoms in total. The van der Waals surface area contributed by atoms with Gasteiger partial charge in [-0.1, -0.05) is 30.0 Å². The average Bonchev–Trinajstić information content (AvgIpc) is 2.87. The first-order valence-corrected chi connectivity index (χ1v) is 9.25. The Hall–Kier alpha value is -2.25. The van der Waals surface area contributed by atoms with Gasteiger partial charge in [0, 0.05) is 10.3 Å². The number of aromatic nitrogens is 4. The lowest BCUT2D eigenvalue weighted by molar-refractivity contribution is 1.04. The second kappa shape index (κ2) is 5.99. The number of nitrogens with one attached hydrogen (secondary N) is 1. The Bertz CT molecular complexity index is 1110. The van der Waals surface area contributed by atoms with Gasteiger partial charge in [0.1, 0.15) is 22.0 Å². The van der Waals surface area contributed by atoms with Crippen LogP contribution in [-0.4, -0.2) is 19.9 Å². The second-order valence-corrected chi connectivity index (χ2v) is 7.63. The van der Waals surface area contributed by atoms with Crippen LogP contribution in [0.3, 0.4) is 0 Å². The third-order valence-electron chi connectivity index (χ3n) is 3.94. The van der Waals surface area contributed by atoms with Gasteiger partial charge in [-0.3, -0.25) is 4.79 Å². The maximum atomic E-state index is 12.3. The molecule has 7 heteroatoms. The van der Waals surface area contributed by atoms with Crippen molar-refractivity contribution in [1.29, 1.82) is 0 Å². The summed E-state index contributed by atoms with van der Waals surface area (Å²) in [5, 5.41) is 2.61. The summed E-state index contributed by atoms with van der Waals surface area (Å²) in [6.07, 6.45) is 1.57. The highest BCUT2D eigenvalue weighted by molar-refractivity contribution is 7.98. The van der Waals surface area contributed by atoms with E-state index in [1.54, 1.807) is 29.4 Å². The Morgan fingerprint density at radius 2 is 2.04 bits per heavy atom. The summed E-state index contributed by atoms with van der Waals surface area (Å²) < 4.78 is 0. The van der Waals surface area contributed by atoms with Crippen molar-refractivity contribution in [3.63, 3.8) is 0 Å². The summed E-state index contributed by atoms with van der Waals surface area (Å²) in [6.45, 7) is 3.98. The number of nitrogens with zero attached hydrogens (tertiary/aromatic N) is 3. The fourth-order valence-electron chi connectivity index (χ4n) is 2.60. The molecule has 0 aliphatic rings. The molecule has 0 unspecified atom stereocenters. The van der Waals surface area contributed by atoms with Crippen molar-refractivity contribution in [1.82, 2.24) is 19.9 Å². The van der Waals surface area contributed by atoms with Crippen LogP contribution in [0.5, 0.6) is 0 Å². The molecule has 0 spiro atoms. The van der Waals surface area contributed by atoms with Gasteiger partial charge in [-0.05, 0) is 25.5 Å². The molecule has 0 fully saturated rings. The molecule has 4 rings (SSSR count). The molecule has 1 aromatic carbocycles. The molecule has 0 saturated heterocycles. The number of aryl methyl sites for hydroxylation is 2. The van der Waals surface area contributed by atoms with E-state index in [-0.39, 0.29) is 5.56 Å². The third kappa shape index (κ3) is 2.59. The minimum absolute atomic E-state index is 0.0648. The number of thioether (sulfide) groups is 1. The van der Waals surface area contributed by atoms with Gasteiger partial charge in [-0.25, -0.2) is 15.0 Å². The molecule has 0 aliphatic carbocycles. The highest BCUT2D eigenvalue weighted by Crippen LogP contribution is 2.28. The van der Waals surface area contributed by atoms with E-state index >= 15 is 0 Å². The minimum Gasteiger partial charge on any atom is -0.309 e. The number of hydrogen-bond donors (Lipinski definition) is 1. The Morgan fingerprint density at radius 3 is 2.92 bits per heavy atom. The summed E-state index contributed by atoms with van der Waals surface area (Å²) in [6, 6.07) is 7.89. The molecule has 0 bridgehead atoms. The minimum atomic E-state index is -0.0648. The van der Waals surface area contributed by atoms with Crippen LogP contribution in [0.25, 0.3) is 21.1 Å². The first-order chi connectivity index (χ1) is 11.6. The molecule has 1 N–H and O–H groups in total.